The van der Waals surface area contributed by atoms with Crippen molar-refractivity contribution in [3.05, 3.63) is 12.2 Å². The third kappa shape index (κ3) is 8.89. The topological polar surface area (TPSA) is 360 Å². The molecule has 0 spiro atoms. The summed E-state index contributed by atoms with van der Waals surface area (Å²) in [5, 5.41) is 73.5. The van der Waals surface area contributed by atoms with Gasteiger partial charge in [0.15, 0.2) is 24.5 Å². The summed E-state index contributed by atoms with van der Waals surface area (Å²) in [6.07, 6.45) is -11.0. The SMILES string of the molecule is NC[C@@H]1O[C@H](O[C@H]2[C@@H](O)[C@H](O[C@@H]3[C@@H](O)[C@H](NC(=O)C4(O)CNC4)C[C@H](N)[C@H]3O[C@H]3O[C@H](CNCC4CC(N)C4)C=C[C@H]3N)O[C@@H]2CO)[C@H](N)[C@@H](O)[C@@H]1O. The van der Waals surface area contributed by atoms with E-state index < -0.39 is 122 Å². The van der Waals surface area contributed by atoms with Crippen LogP contribution in [0.2, 0.25) is 0 Å². The van der Waals surface area contributed by atoms with E-state index >= 15 is 0 Å². The quantitative estimate of drug-likeness (QED) is 0.0731. The van der Waals surface area contributed by atoms with Gasteiger partial charge in [-0.25, -0.2) is 0 Å². The van der Waals surface area contributed by atoms with Gasteiger partial charge in [-0.15, -0.1) is 0 Å². The number of carbonyl (C=O) groups is 1. The third-order valence-corrected chi connectivity index (χ3v) is 11.1. The van der Waals surface area contributed by atoms with E-state index in [1.807, 2.05) is 6.08 Å². The lowest BCUT2D eigenvalue weighted by Crippen LogP contribution is -2.71. The standard InChI is InChI=1S/C32H58N8O13/c33-6-18-22(43)23(44)20(37)29(49-18)52-26-19(9-41)50-30(24(26)45)53-27-21(42)17(40-31(46)32(47)10-39-11-32)5-16(36)25(27)51-28-15(35)2-1-14(48-28)8-38-7-12-3-13(34)4-12/h1-2,12-30,38-39,41-45,47H,3-11,33-37H2,(H,40,46)/t12?,13?,14-,15+,16-,17+,18-,19+,20+,21-,22+,23+,24+,25+,26+,27+,28+,29+,30-/m0/s1. The van der Waals surface area contributed by atoms with E-state index in [4.69, 9.17) is 57.1 Å². The lowest BCUT2D eigenvalue weighted by Gasteiger charge is -2.47. The van der Waals surface area contributed by atoms with Crippen molar-refractivity contribution in [2.24, 2.45) is 34.6 Å². The van der Waals surface area contributed by atoms with Crippen LogP contribution in [0.1, 0.15) is 19.3 Å². The molecule has 0 bridgehead atoms. The van der Waals surface area contributed by atoms with Crippen molar-refractivity contribution in [2.75, 3.05) is 39.3 Å². The molecule has 0 radical (unpaired) electrons. The van der Waals surface area contributed by atoms with Crippen molar-refractivity contribution in [1.29, 1.82) is 0 Å². The van der Waals surface area contributed by atoms with Crippen LogP contribution in [0.25, 0.3) is 0 Å². The zero-order chi connectivity index (χ0) is 38.2. The molecular weight excluding hydrogens is 704 g/mol. The van der Waals surface area contributed by atoms with E-state index in [0.717, 1.165) is 19.4 Å². The number of β-amino-alcohol motifs (C(OH)–C–C–N with tert-alkyl or cyclic N) is 1. The first-order valence-electron chi connectivity index (χ1n) is 18.3. The number of carbonyl (C=O) groups excluding carboxylic acids is 1. The Balaban J connectivity index is 1.16. The Morgan fingerprint density at radius 1 is 0.811 bits per heavy atom. The van der Waals surface area contributed by atoms with Crippen LogP contribution in [-0.2, 0) is 33.2 Å². The Bertz CT molecular complexity index is 1250. The van der Waals surface area contributed by atoms with Crippen LogP contribution >= 0.6 is 0 Å². The summed E-state index contributed by atoms with van der Waals surface area (Å²) in [4.78, 5) is 13.0. The average Bonchev–Trinajstić information content (AvgIpc) is 3.40. The molecule has 6 aliphatic rings. The van der Waals surface area contributed by atoms with Gasteiger partial charge in [0.05, 0.1) is 30.8 Å². The van der Waals surface area contributed by atoms with Gasteiger partial charge >= 0.3 is 0 Å². The summed E-state index contributed by atoms with van der Waals surface area (Å²) >= 11 is 0. The van der Waals surface area contributed by atoms with Crippen molar-refractivity contribution in [3.63, 3.8) is 0 Å². The van der Waals surface area contributed by atoms with E-state index in [-0.39, 0.29) is 32.1 Å². The summed E-state index contributed by atoms with van der Waals surface area (Å²) in [7, 11) is 0. The number of nitrogens with one attached hydrogen (secondary N) is 3. The van der Waals surface area contributed by atoms with Crippen molar-refractivity contribution >= 4 is 5.91 Å². The molecule has 0 aromatic heterocycles. The lowest BCUT2D eigenvalue weighted by molar-refractivity contribution is -0.284. The van der Waals surface area contributed by atoms with Crippen molar-refractivity contribution in [2.45, 2.75) is 135 Å². The highest BCUT2D eigenvalue weighted by Gasteiger charge is 2.55. The van der Waals surface area contributed by atoms with Gasteiger partial charge in [0.25, 0.3) is 5.91 Å². The molecule has 4 heterocycles. The highest BCUT2D eigenvalue weighted by molar-refractivity contribution is 5.87. The van der Waals surface area contributed by atoms with Gasteiger partial charge in [0.1, 0.15) is 54.9 Å². The number of amides is 1. The van der Waals surface area contributed by atoms with Gasteiger partial charge in [-0.3, -0.25) is 4.79 Å². The van der Waals surface area contributed by atoms with Gasteiger partial charge in [0, 0.05) is 38.3 Å². The number of hydrogen-bond acceptors (Lipinski definition) is 20. The van der Waals surface area contributed by atoms with Crippen LogP contribution in [0.4, 0.5) is 0 Å². The highest BCUT2D eigenvalue weighted by Crippen LogP contribution is 2.34. The second kappa shape index (κ2) is 17.3. The van der Waals surface area contributed by atoms with Crippen molar-refractivity contribution in [1.82, 2.24) is 16.0 Å². The minimum absolute atomic E-state index is 0.000276. The van der Waals surface area contributed by atoms with Crippen molar-refractivity contribution in [3.8, 4) is 0 Å². The Morgan fingerprint density at radius 3 is 2.13 bits per heavy atom. The smallest absolute Gasteiger partial charge is 0.254 e. The first-order chi connectivity index (χ1) is 25.2. The highest BCUT2D eigenvalue weighted by atomic mass is 16.8. The maximum absolute atomic E-state index is 13.0. The molecule has 17 atom stereocenters. The summed E-state index contributed by atoms with van der Waals surface area (Å²) in [6.45, 7) is 0.473. The number of hydrogen-bond donors (Lipinski definition) is 14. The minimum atomic E-state index is -1.67. The Kier molecular flexibility index (Phi) is 13.4. The summed E-state index contributed by atoms with van der Waals surface area (Å²) in [5.41, 5.74) is 29.0. The van der Waals surface area contributed by atoms with Gasteiger partial charge in [-0.1, -0.05) is 12.2 Å². The summed E-state index contributed by atoms with van der Waals surface area (Å²) < 4.78 is 36.2. The molecule has 21 heteroatoms. The van der Waals surface area contributed by atoms with Crippen LogP contribution in [0.3, 0.4) is 0 Å². The second-order valence-corrected chi connectivity index (χ2v) is 15.2. The molecular formula is C32H58N8O13. The third-order valence-electron chi connectivity index (χ3n) is 11.1. The van der Waals surface area contributed by atoms with E-state index in [9.17, 15) is 35.4 Å². The van der Waals surface area contributed by atoms with Crippen LogP contribution in [-0.4, -0.2) is 192 Å². The second-order valence-electron chi connectivity index (χ2n) is 15.2. The first-order valence-corrected chi connectivity index (χ1v) is 18.3. The number of ether oxygens (including phenoxy) is 6. The molecule has 53 heavy (non-hydrogen) atoms. The minimum Gasteiger partial charge on any atom is -0.394 e. The number of rotatable bonds is 14. The Hall–Kier alpha value is -1.55. The van der Waals surface area contributed by atoms with E-state index in [1.54, 1.807) is 6.08 Å². The molecule has 304 valence electrons. The maximum atomic E-state index is 13.0. The molecule has 21 nitrogen and oxygen atoms in total. The van der Waals surface area contributed by atoms with Crippen LogP contribution < -0.4 is 44.6 Å². The molecule has 6 rings (SSSR count). The molecule has 0 unspecified atom stereocenters. The maximum Gasteiger partial charge on any atom is 0.254 e. The molecule has 0 aromatic carbocycles. The molecule has 4 aliphatic heterocycles. The predicted octanol–water partition coefficient (Wildman–Crippen LogP) is -8.20. The van der Waals surface area contributed by atoms with Crippen LogP contribution in [0.15, 0.2) is 12.2 Å². The van der Waals surface area contributed by atoms with E-state index in [2.05, 4.69) is 16.0 Å². The number of nitrogens with two attached hydrogens (primary N) is 5. The average molecular weight is 763 g/mol. The lowest BCUT2D eigenvalue weighted by atomic mass is 9.81. The largest absolute Gasteiger partial charge is 0.394 e. The zero-order valence-electron chi connectivity index (χ0n) is 29.4. The molecule has 19 N–H and O–H groups in total. The molecule has 0 aromatic rings. The van der Waals surface area contributed by atoms with Gasteiger partial charge in [0.2, 0.25) is 0 Å². The molecule has 2 saturated carbocycles. The fourth-order valence-corrected chi connectivity index (χ4v) is 7.68. The van der Waals surface area contributed by atoms with E-state index in [1.165, 1.54) is 0 Å². The normalized spacial score (nSPS) is 48.2. The van der Waals surface area contributed by atoms with Crippen LogP contribution in [0, 0.1) is 5.92 Å². The molecule has 3 saturated heterocycles. The van der Waals surface area contributed by atoms with Gasteiger partial charge in [-0.2, -0.15) is 0 Å². The summed E-state index contributed by atoms with van der Waals surface area (Å²) in [5.74, 6) is -0.218. The van der Waals surface area contributed by atoms with E-state index in [0.29, 0.717) is 12.5 Å². The van der Waals surface area contributed by atoms with Gasteiger partial charge in [-0.05, 0) is 31.7 Å². The fraction of sp³-hybridized carbons (Fsp3) is 0.906. The van der Waals surface area contributed by atoms with Crippen molar-refractivity contribution < 1.29 is 63.9 Å². The first kappa shape index (κ1) is 41.1. The zero-order valence-corrected chi connectivity index (χ0v) is 29.4. The van der Waals surface area contributed by atoms with Crippen LogP contribution in [0.5, 0.6) is 0 Å². The Morgan fingerprint density at radius 2 is 1.49 bits per heavy atom. The van der Waals surface area contributed by atoms with Gasteiger partial charge < -0.3 is 104 Å². The fourth-order valence-electron chi connectivity index (χ4n) is 7.68. The molecule has 2 aliphatic carbocycles. The number of aliphatic hydroxyl groups excluding tert-OH is 5. The number of aliphatic hydroxyl groups is 6. The molecule has 1 amide bonds. The monoisotopic (exact) mass is 762 g/mol. The summed E-state index contributed by atoms with van der Waals surface area (Å²) in [6, 6.07) is -3.68. The Labute approximate surface area is 306 Å². The predicted molar refractivity (Wildman–Crippen MR) is 182 cm³/mol. The molecule has 5 fully saturated rings.